The molecule has 5 heteroatoms. The highest BCUT2D eigenvalue weighted by Crippen LogP contribution is 2.54. The zero-order chi connectivity index (χ0) is 19.0. The fourth-order valence-corrected chi connectivity index (χ4v) is 4.95. The number of hydrogen-bond donors (Lipinski definition) is 1. The third-order valence-electron chi connectivity index (χ3n) is 6.04. The van der Waals surface area contributed by atoms with Crippen molar-refractivity contribution in [1.29, 1.82) is 0 Å². The lowest BCUT2D eigenvalue weighted by Gasteiger charge is -2.70. The van der Waals surface area contributed by atoms with Crippen molar-refractivity contribution in [2.24, 2.45) is 0 Å². The summed E-state index contributed by atoms with van der Waals surface area (Å²) >= 11 is 0. The quantitative estimate of drug-likeness (QED) is 0.883. The summed E-state index contributed by atoms with van der Waals surface area (Å²) in [7, 11) is 0. The van der Waals surface area contributed by atoms with Crippen molar-refractivity contribution in [3.8, 4) is 0 Å². The molecule has 2 aliphatic heterocycles. The fraction of sp³-hybridized carbons (Fsp3) is 0.409. The Hall–Kier alpha value is -2.24. The smallest absolute Gasteiger partial charge is 0.223 e. The molecular weight excluding hydrogens is 343 g/mol. The topological polar surface area (TPSA) is 43.8 Å². The summed E-state index contributed by atoms with van der Waals surface area (Å²) in [5.41, 5.74) is 1.53. The number of benzene rings is 2. The van der Waals surface area contributed by atoms with Gasteiger partial charge in [-0.05, 0) is 11.6 Å². The van der Waals surface area contributed by atoms with Crippen LogP contribution in [0.25, 0.3) is 0 Å². The molecule has 2 aromatic carbocycles. The Morgan fingerprint density at radius 1 is 1.15 bits per heavy atom. The van der Waals surface area contributed by atoms with Gasteiger partial charge in [0.1, 0.15) is 5.82 Å². The van der Waals surface area contributed by atoms with E-state index in [0.717, 1.165) is 5.56 Å². The number of nitrogens with zero attached hydrogens (tertiary/aromatic N) is 2. The second-order valence-electron chi connectivity index (χ2n) is 7.60. The van der Waals surface area contributed by atoms with Crippen molar-refractivity contribution in [3.05, 3.63) is 71.5 Å². The number of halogens is 1. The van der Waals surface area contributed by atoms with Gasteiger partial charge >= 0.3 is 0 Å². The predicted octanol–water partition coefficient (Wildman–Crippen LogP) is 2.78. The van der Waals surface area contributed by atoms with Gasteiger partial charge in [-0.15, -0.1) is 0 Å². The van der Waals surface area contributed by atoms with Gasteiger partial charge in [0.25, 0.3) is 0 Å². The maximum absolute atomic E-state index is 14.0. The number of carbonyl (C=O) groups excluding carboxylic acids is 1. The van der Waals surface area contributed by atoms with Gasteiger partial charge in [-0.3, -0.25) is 9.69 Å². The summed E-state index contributed by atoms with van der Waals surface area (Å²) < 4.78 is 14.0. The van der Waals surface area contributed by atoms with E-state index in [-0.39, 0.29) is 35.8 Å². The first-order valence-electron chi connectivity index (χ1n) is 9.54. The van der Waals surface area contributed by atoms with E-state index >= 15 is 0 Å². The third-order valence-corrected chi connectivity index (χ3v) is 6.04. The molecule has 1 amide bonds. The van der Waals surface area contributed by atoms with E-state index in [9.17, 15) is 14.3 Å². The van der Waals surface area contributed by atoms with Crippen molar-refractivity contribution in [3.63, 3.8) is 0 Å². The number of aliphatic hydroxyl groups is 1. The third kappa shape index (κ3) is 2.86. The lowest BCUT2D eigenvalue weighted by molar-refractivity contribution is -0.201. The number of rotatable bonds is 5. The van der Waals surface area contributed by atoms with E-state index in [2.05, 4.69) is 17.0 Å². The van der Waals surface area contributed by atoms with Crippen molar-refractivity contribution in [2.75, 3.05) is 19.7 Å². The largest absolute Gasteiger partial charge is 0.394 e. The standard InChI is InChI=1S/C22H25FN2O2/c1-2-20(27)25-19(13-26)21(16-8-4-3-5-9-16)22(25)14-24(15-22)12-17-10-6-7-11-18(17)23/h3-11,19,21,26H,2,12-15H2,1H3/t19-,21-/m1/s1. The van der Waals surface area contributed by atoms with E-state index in [1.807, 2.05) is 36.1 Å². The molecule has 0 aromatic heterocycles. The van der Waals surface area contributed by atoms with Gasteiger partial charge in [0.05, 0.1) is 18.2 Å². The monoisotopic (exact) mass is 368 g/mol. The average molecular weight is 368 g/mol. The lowest BCUT2D eigenvalue weighted by Crippen LogP contribution is -2.85. The van der Waals surface area contributed by atoms with Crippen LogP contribution in [0.4, 0.5) is 4.39 Å². The van der Waals surface area contributed by atoms with Gasteiger partial charge in [-0.25, -0.2) is 4.39 Å². The lowest BCUT2D eigenvalue weighted by atomic mass is 9.60. The highest BCUT2D eigenvalue weighted by atomic mass is 19.1. The molecule has 2 fully saturated rings. The summed E-state index contributed by atoms with van der Waals surface area (Å²) in [5, 5.41) is 9.96. The molecule has 142 valence electrons. The van der Waals surface area contributed by atoms with Crippen LogP contribution in [-0.4, -0.2) is 52.1 Å². The van der Waals surface area contributed by atoms with Crippen LogP contribution in [0.15, 0.2) is 54.6 Å². The average Bonchev–Trinajstić information content (AvgIpc) is 2.65. The highest BCUT2D eigenvalue weighted by Gasteiger charge is 2.66. The zero-order valence-electron chi connectivity index (χ0n) is 15.5. The summed E-state index contributed by atoms with van der Waals surface area (Å²) in [6.45, 7) is 3.75. The molecule has 1 N–H and O–H groups in total. The summed E-state index contributed by atoms with van der Waals surface area (Å²) in [6, 6.07) is 16.8. The molecule has 0 saturated carbocycles. The first-order valence-corrected chi connectivity index (χ1v) is 9.54. The minimum Gasteiger partial charge on any atom is -0.394 e. The van der Waals surface area contributed by atoms with Crippen molar-refractivity contribution in [2.45, 2.75) is 37.4 Å². The van der Waals surface area contributed by atoms with Crippen LogP contribution in [0.2, 0.25) is 0 Å². The van der Waals surface area contributed by atoms with E-state index in [0.29, 0.717) is 31.6 Å². The van der Waals surface area contributed by atoms with Gasteiger partial charge in [-0.2, -0.15) is 0 Å². The molecule has 27 heavy (non-hydrogen) atoms. The van der Waals surface area contributed by atoms with Crippen molar-refractivity contribution in [1.82, 2.24) is 9.80 Å². The van der Waals surface area contributed by atoms with Crippen molar-refractivity contribution >= 4 is 5.91 Å². The van der Waals surface area contributed by atoms with Gasteiger partial charge in [0.2, 0.25) is 5.91 Å². The maximum Gasteiger partial charge on any atom is 0.223 e. The molecular formula is C22H25FN2O2. The minimum atomic E-state index is -0.299. The Morgan fingerprint density at radius 2 is 1.81 bits per heavy atom. The number of carbonyl (C=O) groups is 1. The Labute approximate surface area is 159 Å². The molecule has 4 nitrogen and oxygen atoms in total. The number of amides is 1. The normalized spacial score (nSPS) is 23.7. The summed E-state index contributed by atoms with van der Waals surface area (Å²) in [5.74, 6) is -0.00997. The molecule has 0 radical (unpaired) electrons. The van der Waals surface area contributed by atoms with E-state index in [4.69, 9.17) is 0 Å². The van der Waals surface area contributed by atoms with Crippen molar-refractivity contribution < 1.29 is 14.3 Å². The van der Waals surface area contributed by atoms with E-state index < -0.39 is 0 Å². The first-order chi connectivity index (χ1) is 13.1. The zero-order valence-corrected chi connectivity index (χ0v) is 15.5. The van der Waals surface area contributed by atoms with Gasteiger partial charge < -0.3 is 10.0 Å². The van der Waals surface area contributed by atoms with E-state index in [1.165, 1.54) is 6.07 Å². The Kier molecular flexibility index (Phi) is 4.74. The molecule has 2 saturated heterocycles. The van der Waals surface area contributed by atoms with Gasteiger partial charge in [-0.1, -0.05) is 55.5 Å². The number of hydrogen-bond acceptors (Lipinski definition) is 3. The van der Waals surface area contributed by atoms with Crippen LogP contribution in [0.3, 0.4) is 0 Å². The van der Waals surface area contributed by atoms with Crippen LogP contribution in [0.5, 0.6) is 0 Å². The van der Waals surface area contributed by atoms with Crippen LogP contribution < -0.4 is 0 Å². The fourth-order valence-electron chi connectivity index (χ4n) is 4.95. The molecule has 2 aliphatic rings. The predicted molar refractivity (Wildman–Crippen MR) is 102 cm³/mol. The Bertz CT molecular complexity index is 820. The number of likely N-dealkylation sites (tertiary alicyclic amines) is 2. The van der Waals surface area contributed by atoms with Crippen LogP contribution in [0, 0.1) is 5.82 Å². The molecule has 0 unspecified atom stereocenters. The van der Waals surface area contributed by atoms with Gasteiger partial charge in [0.15, 0.2) is 0 Å². The van der Waals surface area contributed by atoms with Gasteiger partial charge in [0, 0.05) is 37.5 Å². The molecule has 2 heterocycles. The van der Waals surface area contributed by atoms with Crippen LogP contribution in [-0.2, 0) is 11.3 Å². The molecule has 2 aromatic rings. The molecule has 2 atom stereocenters. The number of aliphatic hydroxyl groups excluding tert-OH is 1. The first kappa shape index (κ1) is 18.1. The Balaban J connectivity index is 1.58. The Morgan fingerprint density at radius 3 is 2.44 bits per heavy atom. The van der Waals surface area contributed by atoms with Crippen LogP contribution >= 0.6 is 0 Å². The minimum absolute atomic E-state index is 0.0413. The second kappa shape index (κ2) is 7.06. The molecule has 0 bridgehead atoms. The maximum atomic E-state index is 14.0. The molecule has 0 aliphatic carbocycles. The molecule has 1 spiro atoms. The van der Waals surface area contributed by atoms with E-state index in [1.54, 1.807) is 12.1 Å². The molecule has 4 rings (SSSR count). The summed E-state index contributed by atoms with van der Waals surface area (Å²) in [6.07, 6.45) is 0.424. The SMILES string of the molecule is CCC(=O)N1[C@H](CO)[C@@H](c2ccccc2)C12CN(Cc1ccccc1F)C2. The summed E-state index contributed by atoms with van der Waals surface area (Å²) in [4.78, 5) is 16.7. The highest BCUT2D eigenvalue weighted by molar-refractivity contribution is 5.79. The second-order valence-corrected chi connectivity index (χ2v) is 7.60. The van der Waals surface area contributed by atoms with Crippen LogP contribution in [0.1, 0.15) is 30.4 Å².